The van der Waals surface area contributed by atoms with Crippen molar-refractivity contribution in [3.05, 3.63) is 12.7 Å². The molecule has 0 N–H and O–H groups in total. The van der Waals surface area contributed by atoms with Crippen LogP contribution >= 0.6 is 15.9 Å². The van der Waals surface area contributed by atoms with Crippen molar-refractivity contribution >= 4 is 15.9 Å². The van der Waals surface area contributed by atoms with E-state index in [2.05, 4.69) is 41.3 Å². The van der Waals surface area contributed by atoms with Gasteiger partial charge in [0.05, 0.1) is 0 Å². The van der Waals surface area contributed by atoms with E-state index in [1.807, 2.05) is 6.08 Å². The zero-order chi connectivity index (χ0) is 7.98. The first-order valence-electron chi connectivity index (χ1n) is 3.63. The first-order valence-corrected chi connectivity index (χ1v) is 4.75. The minimum absolute atomic E-state index is 0.621. The Labute approximate surface area is 72.2 Å². The molecule has 10 heavy (non-hydrogen) atoms. The smallest absolute Gasteiger partial charge is 0.0163 e. The quantitative estimate of drug-likeness (QED) is 0.492. The van der Waals surface area contributed by atoms with E-state index in [1.165, 1.54) is 0 Å². The number of rotatable bonds is 5. The average molecular weight is 206 g/mol. The molecule has 0 amide bonds. The van der Waals surface area contributed by atoms with Crippen LogP contribution in [-0.4, -0.2) is 29.4 Å². The Hall–Kier alpha value is 0.180. The molecule has 0 aromatic carbocycles. The summed E-state index contributed by atoms with van der Waals surface area (Å²) in [6, 6.07) is 0.621. The van der Waals surface area contributed by atoms with Crippen LogP contribution in [0.5, 0.6) is 0 Å². The number of hydrogen-bond donors (Lipinski definition) is 0. The Kier molecular flexibility index (Phi) is 6.03. The van der Waals surface area contributed by atoms with Gasteiger partial charge in [0.1, 0.15) is 0 Å². The van der Waals surface area contributed by atoms with E-state index >= 15 is 0 Å². The van der Waals surface area contributed by atoms with Gasteiger partial charge < -0.3 is 0 Å². The van der Waals surface area contributed by atoms with Crippen molar-refractivity contribution in [3.8, 4) is 0 Å². The molecule has 0 unspecified atom stereocenters. The molecule has 60 valence electrons. The van der Waals surface area contributed by atoms with Gasteiger partial charge in [-0.1, -0.05) is 22.0 Å². The number of nitrogens with zero attached hydrogens (tertiary/aromatic N) is 1. The predicted octanol–water partition coefficient (Wildman–Crippen LogP) is 2.28. The molecule has 0 aliphatic carbocycles. The molecule has 1 nitrogen and oxygen atoms in total. The fourth-order valence-corrected chi connectivity index (χ4v) is 1.29. The van der Waals surface area contributed by atoms with Crippen molar-refractivity contribution in [2.24, 2.45) is 0 Å². The Morgan fingerprint density at radius 3 is 2.50 bits per heavy atom. The van der Waals surface area contributed by atoms with Crippen LogP contribution in [0.25, 0.3) is 0 Å². The molecule has 2 heteroatoms. The maximum atomic E-state index is 3.71. The van der Waals surface area contributed by atoms with E-state index in [-0.39, 0.29) is 0 Å². The average Bonchev–Trinajstić information content (AvgIpc) is 1.87. The van der Waals surface area contributed by atoms with Crippen molar-refractivity contribution < 1.29 is 0 Å². The predicted molar refractivity (Wildman–Crippen MR) is 50.7 cm³/mol. The topological polar surface area (TPSA) is 3.24 Å². The molecule has 0 aliphatic rings. The first-order chi connectivity index (χ1) is 4.72. The highest BCUT2D eigenvalue weighted by molar-refractivity contribution is 9.09. The highest BCUT2D eigenvalue weighted by Crippen LogP contribution is 1.98. The molecule has 0 rings (SSSR count). The van der Waals surface area contributed by atoms with Crippen LogP contribution in [0.3, 0.4) is 0 Å². The molecule has 0 saturated heterocycles. The number of hydrogen-bond acceptors (Lipinski definition) is 1. The third-order valence-corrected chi connectivity index (χ3v) is 1.82. The van der Waals surface area contributed by atoms with Crippen LogP contribution < -0.4 is 0 Å². The molecule has 0 radical (unpaired) electrons. The third-order valence-electron chi connectivity index (χ3n) is 1.47. The zero-order valence-corrected chi connectivity index (χ0v) is 8.39. The van der Waals surface area contributed by atoms with Gasteiger partial charge in [-0.3, -0.25) is 4.90 Å². The Balaban J connectivity index is 3.60. The summed E-state index contributed by atoms with van der Waals surface area (Å²) >= 11 is 3.41. The summed E-state index contributed by atoms with van der Waals surface area (Å²) in [6.07, 6.45) is 1.95. The van der Waals surface area contributed by atoms with Gasteiger partial charge in [0.2, 0.25) is 0 Å². The summed E-state index contributed by atoms with van der Waals surface area (Å²) in [5, 5.41) is 1.04. The number of halogens is 1. The largest absolute Gasteiger partial charge is 0.296 e. The maximum absolute atomic E-state index is 3.71. The number of alkyl halides is 1. The maximum Gasteiger partial charge on any atom is 0.0163 e. The minimum atomic E-state index is 0.621. The molecule has 0 saturated carbocycles. The van der Waals surface area contributed by atoms with Crippen molar-refractivity contribution in [1.29, 1.82) is 0 Å². The summed E-state index contributed by atoms with van der Waals surface area (Å²) in [5.41, 5.74) is 0. The molecule has 0 spiro atoms. The van der Waals surface area contributed by atoms with Crippen molar-refractivity contribution in [2.45, 2.75) is 19.9 Å². The van der Waals surface area contributed by atoms with Gasteiger partial charge in [0.15, 0.2) is 0 Å². The second-order valence-electron chi connectivity index (χ2n) is 2.57. The van der Waals surface area contributed by atoms with Gasteiger partial charge in [-0.15, -0.1) is 6.58 Å². The highest BCUT2D eigenvalue weighted by atomic mass is 79.9. The lowest BCUT2D eigenvalue weighted by Crippen LogP contribution is -2.32. The first kappa shape index (κ1) is 10.2. The van der Waals surface area contributed by atoms with E-state index in [4.69, 9.17) is 0 Å². The zero-order valence-electron chi connectivity index (χ0n) is 6.81. The van der Waals surface area contributed by atoms with E-state index in [0.29, 0.717) is 6.04 Å². The van der Waals surface area contributed by atoms with E-state index in [1.54, 1.807) is 0 Å². The van der Waals surface area contributed by atoms with Gasteiger partial charge in [-0.05, 0) is 13.8 Å². The van der Waals surface area contributed by atoms with Crippen LogP contribution in [0.1, 0.15) is 13.8 Å². The van der Waals surface area contributed by atoms with Gasteiger partial charge in [0, 0.05) is 24.5 Å². The summed E-state index contributed by atoms with van der Waals surface area (Å²) in [7, 11) is 0. The van der Waals surface area contributed by atoms with Gasteiger partial charge in [-0.2, -0.15) is 0 Å². The fourth-order valence-electron chi connectivity index (χ4n) is 0.835. The fraction of sp³-hybridized carbons (Fsp3) is 0.750. The van der Waals surface area contributed by atoms with Gasteiger partial charge in [0.25, 0.3) is 0 Å². The highest BCUT2D eigenvalue weighted by Gasteiger charge is 2.04. The lowest BCUT2D eigenvalue weighted by Gasteiger charge is -2.23. The molecule has 0 heterocycles. The molecule has 0 fully saturated rings. The molecule has 0 atom stereocenters. The van der Waals surface area contributed by atoms with E-state index in [0.717, 1.165) is 18.4 Å². The van der Waals surface area contributed by atoms with Gasteiger partial charge >= 0.3 is 0 Å². The third kappa shape index (κ3) is 4.07. The van der Waals surface area contributed by atoms with Crippen molar-refractivity contribution in [2.75, 3.05) is 18.4 Å². The van der Waals surface area contributed by atoms with Crippen LogP contribution in [0.4, 0.5) is 0 Å². The SMILES string of the molecule is C=CCN(CCBr)C(C)C. The van der Waals surface area contributed by atoms with E-state index < -0.39 is 0 Å². The molecule has 0 aromatic rings. The van der Waals surface area contributed by atoms with Crippen LogP contribution in [0.2, 0.25) is 0 Å². The van der Waals surface area contributed by atoms with Crippen LogP contribution in [-0.2, 0) is 0 Å². The van der Waals surface area contributed by atoms with E-state index in [9.17, 15) is 0 Å². The van der Waals surface area contributed by atoms with Crippen LogP contribution in [0.15, 0.2) is 12.7 Å². The summed E-state index contributed by atoms with van der Waals surface area (Å²) in [6.45, 7) is 10.2. The normalized spacial score (nSPS) is 10.9. The summed E-state index contributed by atoms with van der Waals surface area (Å²) in [4.78, 5) is 2.36. The monoisotopic (exact) mass is 205 g/mol. The molecular formula is C8H16BrN. The van der Waals surface area contributed by atoms with Crippen LogP contribution in [0, 0.1) is 0 Å². The molecule has 0 bridgehead atoms. The van der Waals surface area contributed by atoms with Crippen molar-refractivity contribution in [1.82, 2.24) is 4.90 Å². The second kappa shape index (κ2) is 5.93. The van der Waals surface area contributed by atoms with Crippen molar-refractivity contribution in [3.63, 3.8) is 0 Å². The summed E-state index contributed by atoms with van der Waals surface area (Å²) < 4.78 is 0. The Morgan fingerprint density at radius 2 is 2.20 bits per heavy atom. The standard InChI is InChI=1S/C8H16BrN/c1-4-6-10(7-5-9)8(2)3/h4,8H,1,5-7H2,2-3H3. The second-order valence-corrected chi connectivity index (χ2v) is 3.36. The molecule has 0 aliphatic heterocycles. The Bertz CT molecular complexity index is 91.3. The lowest BCUT2D eigenvalue weighted by molar-refractivity contribution is 0.262. The minimum Gasteiger partial charge on any atom is -0.296 e. The molecular weight excluding hydrogens is 190 g/mol. The molecule has 0 aromatic heterocycles. The van der Waals surface area contributed by atoms with Gasteiger partial charge in [-0.25, -0.2) is 0 Å². The summed E-state index contributed by atoms with van der Waals surface area (Å²) in [5.74, 6) is 0. The Morgan fingerprint density at radius 1 is 1.60 bits per heavy atom. The lowest BCUT2D eigenvalue weighted by atomic mass is 10.3.